The van der Waals surface area contributed by atoms with Gasteiger partial charge in [0.2, 0.25) is 5.91 Å². The normalized spacial score (nSPS) is 29.6. The first-order valence-corrected chi connectivity index (χ1v) is 8.23. The van der Waals surface area contributed by atoms with Crippen molar-refractivity contribution in [3.63, 3.8) is 0 Å². The van der Waals surface area contributed by atoms with Crippen LogP contribution in [0.25, 0.3) is 0 Å². The molecule has 2 atom stereocenters. The van der Waals surface area contributed by atoms with Crippen molar-refractivity contribution in [3.8, 4) is 0 Å². The number of carbonyl (C=O) groups excluding carboxylic acids is 1. The van der Waals surface area contributed by atoms with E-state index in [0.29, 0.717) is 5.91 Å². The molecule has 0 aliphatic carbocycles. The van der Waals surface area contributed by atoms with Gasteiger partial charge in [0.1, 0.15) is 0 Å². The highest BCUT2D eigenvalue weighted by atomic mass is 16.2. The summed E-state index contributed by atoms with van der Waals surface area (Å²) >= 11 is 0. The Morgan fingerprint density at radius 3 is 2.81 bits per heavy atom. The van der Waals surface area contributed by atoms with Gasteiger partial charge in [-0.3, -0.25) is 4.79 Å². The van der Waals surface area contributed by atoms with Crippen LogP contribution in [0, 0.1) is 6.92 Å². The minimum atomic E-state index is -0.358. The molecule has 114 valence electrons. The largest absolute Gasteiger partial charge is 0.334 e. The van der Waals surface area contributed by atoms with E-state index in [4.69, 9.17) is 0 Å². The predicted octanol–water partition coefficient (Wildman–Crippen LogP) is 3.19. The van der Waals surface area contributed by atoms with Crippen molar-refractivity contribution in [3.05, 3.63) is 35.4 Å². The van der Waals surface area contributed by atoms with E-state index in [2.05, 4.69) is 48.3 Å². The minimum Gasteiger partial charge on any atom is -0.334 e. The fraction of sp³-hybridized carbons (Fsp3) is 0.611. The molecule has 1 N–H and O–H groups in total. The smallest absolute Gasteiger partial charge is 0.243 e. The molecular formula is C18H26N2O. The summed E-state index contributed by atoms with van der Waals surface area (Å²) in [5.74, 6) is 0.299. The lowest BCUT2D eigenvalue weighted by atomic mass is 9.88. The van der Waals surface area contributed by atoms with Gasteiger partial charge in [-0.1, -0.05) is 24.3 Å². The Kier molecular flexibility index (Phi) is 4.03. The standard InChI is InChI=1S/C18H26N2O/c1-14-8-3-4-9-15(14)16-10-7-13-20(16)17(21)18(2)11-5-6-12-19-18/h3-4,8-9,16,19H,5-7,10-13H2,1-2H3. The van der Waals surface area contributed by atoms with Crippen LogP contribution in [0.5, 0.6) is 0 Å². The van der Waals surface area contributed by atoms with Gasteiger partial charge in [0.05, 0.1) is 11.6 Å². The molecule has 0 aromatic heterocycles. The fourth-order valence-corrected chi connectivity index (χ4v) is 3.85. The van der Waals surface area contributed by atoms with Gasteiger partial charge in [-0.15, -0.1) is 0 Å². The lowest BCUT2D eigenvalue weighted by Gasteiger charge is -2.39. The van der Waals surface area contributed by atoms with E-state index in [0.717, 1.165) is 38.8 Å². The fourth-order valence-electron chi connectivity index (χ4n) is 3.85. The molecule has 2 unspecified atom stereocenters. The summed E-state index contributed by atoms with van der Waals surface area (Å²) in [5, 5.41) is 3.47. The summed E-state index contributed by atoms with van der Waals surface area (Å²) in [6.07, 6.45) is 5.50. The zero-order valence-corrected chi connectivity index (χ0v) is 13.2. The Balaban J connectivity index is 1.84. The molecule has 2 saturated heterocycles. The monoisotopic (exact) mass is 286 g/mol. The Labute approximate surface area is 127 Å². The topological polar surface area (TPSA) is 32.3 Å². The van der Waals surface area contributed by atoms with Gasteiger partial charge in [0, 0.05) is 6.54 Å². The summed E-state index contributed by atoms with van der Waals surface area (Å²) in [5.41, 5.74) is 2.26. The Morgan fingerprint density at radius 1 is 1.29 bits per heavy atom. The minimum absolute atomic E-state index is 0.263. The molecule has 2 aliphatic rings. The number of likely N-dealkylation sites (tertiary alicyclic amines) is 1. The molecule has 1 aromatic rings. The average Bonchev–Trinajstić information content (AvgIpc) is 2.97. The van der Waals surface area contributed by atoms with Crippen LogP contribution in [0.1, 0.15) is 56.2 Å². The van der Waals surface area contributed by atoms with Crippen LogP contribution in [-0.4, -0.2) is 29.4 Å². The maximum atomic E-state index is 13.1. The zero-order valence-electron chi connectivity index (χ0n) is 13.2. The molecule has 2 heterocycles. The van der Waals surface area contributed by atoms with Crippen molar-refractivity contribution < 1.29 is 4.79 Å². The number of hydrogen-bond donors (Lipinski definition) is 1. The van der Waals surface area contributed by atoms with Gasteiger partial charge in [-0.05, 0) is 63.6 Å². The highest BCUT2D eigenvalue weighted by Crippen LogP contribution is 2.36. The van der Waals surface area contributed by atoms with Crippen molar-refractivity contribution in [2.45, 2.75) is 57.5 Å². The molecule has 3 heteroatoms. The molecule has 21 heavy (non-hydrogen) atoms. The van der Waals surface area contributed by atoms with Crippen LogP contribution in [0.3, 0.4) is 0 Å². The van der Waals surface area contributed by atoms with E-state index in [1.807, 2.05) is 0 Å². The maximum Gasteiger partial charge on any atom is 0.243 e. The first kappa shape index (κ1) is 14.6. The van der Waals surface area contributed by atoms with Crippen molar-refractivity contribution in [1.29, 1.82) is 0 Å². The Morgan fingerprint density at radius 2 is 2.10 bits per heavy atom. The van der Waals surface area contributed by atoms with Gasteiger partial charge >= 0.3 is 0 Å². The third-order valence-electron chi connectivity index (χ3n) is 5.15. The third-order valence-corrected chi connectivity index (χ3v) is 5.15. The molecule has 1 aromatic carbocycles. The third kappa shape index (κ3) is 2.71. The van der Waals surface area contributed by atoms with Crippen molar-refractivity contribution in [1.82, 2.24) is 10.2 Å². The second kappa shape index (κ2) is 5.80. The van der Waals surface area contributed by atoms with E-state index in [-0.39, 0.29) is 11.6 Å². The molecular weight excluding hydrogens is 260 g/mol. The number of nitrogens with zero attached hydrogens (tertiary/aromatic N) is 1. The number of benzene rings is 1. The van der Waals surface area contributed by atoms with E-state index in [1.54, 1.807) is 0 Å². The first-order valence-electron chi connectivity index (χ1n) is 8.23. The summed E-state index contributed by atoms with van der Waals surface area (Å²) < 4.78 is 0. The molecule has 3 rings (SSSR count). The summed E-state index contributed by atoms with van der Waals surface area (Å²) in [4.78, 5) is 15.2. The zero-order chi connectivity index (χ0) is 14.9. The van der Waals surface area contributed by atoms with Gasteiger partial charge in [0.15, 0.2) is 0 Å². The number of amides is 1. The molecule has 1 amide bonds. The number of piperidine rings is 1. The highest BCUT2D eigenvalue weighted by Gasteiger charge is 2.41. The quantitative estimate of drug-likeness (QED) is 0.905. The second-order valence-electron chi connectivity index (χ2n) is 6.73. The lowest BCUT2D eigenvalue weighted by molar-refractivity contribution is -0.139. The molecule has 2 aliphatic heterocycles. The van der Waals surface area contributed by atoms with Crippen LogP contribution in [0.4, 0.5) is 0 Å². The molecule has 0 saturated carbocycles. The van der Waals surface area contributed by atoms with E-state index in [1.165, 1.54) is 17.5 Å². The first-order chi connectivity index (χ1) is 10.1. The second-order valence-corrected chi connectivity index (χ2v) is 6.73. The van der Waals surface area contributed by atoms with Crippen molar-refractivity contribution in [2.24, 2.45) is 0 Å². The Hall–Kier alpha value is -1.35. The number of nitrogens with one attached hydrogen (secondary N) is 1. The molecule has 3 nitrogen and oxygen atoms in total. The lowest BCUT2D eigenvalue weighted by Crippen LogP contribution is -2.57. The van der Waals surface area contributed by atoms with E-state index >= 15 is 0 Å². The molecule has 2 fully saturated rings. The van der Waals surface area contributed by atoms with Crippen molar-refractivity contribution in [2.75, 3.05) is 13.1 Å². The highest BCUT2D eigenvalue weighted by molar-refractivity contribution is 5.86. The van der Waals surface area contributed by atoms with E-state index < -0.39 is 0 Å². The SMILES string of the molecule is Cc1ccccc1C1CCCN1C(=O)C1(C)CCCCN1. The summed E-state index contributed by atoms with van der Waals surface area (Å²) in [6.45, 7) is 6.10. The maximum absolute atomic E-state index is 13.1. The van der Waals surface area contributed by atoms with Gasteiger partial charge in [-0.25, -0.2) is 0 Å². The predicted molar refractivity (Wildman–Crippen MR) is 85.1 cm³/mol. The van der Waals surface area contributed by atoms with Crippen LogP contribution in [0.2, 0.25) is 0 Å². The van der Waals surface area contributed by atoms with Gasteiger partial charge in [-0.2, -0.15) is 0 Å². The van der Waals surface area contributed by atoms with Crippen LogP contribution < -0.4 is 5.32 Å². The number of carbonyl (C=O) groups is 1. The summed E-state index contributed by atoms with van der Waals surface area (Å²) in [6, 6.07) is 8.76. The van der Waals surface area contributed by atoms with Gasteiger partial charge < -0.3 is 10.2 Å². The molecule has 0 bridgehead atoms. The summed E-state index contributed by atoms with van der Waals surface area (Å²) in [7, 11) is 0. The van der Waals surface area contributed by atoms with Crippen LogP contribution in [0.15, 0.2) is 24.3 Å². The van der Waals surface area contributed by atoms with Crippen LogP contribution in [-0.2, 0) is 4.79 Å². The van der Waals surface area contributed by atoms with E-state index in [9.17, 15) is 4.79 Å². The number of hydrogen-bond acceptors (Lipinski definition) is 2. The average molecular weight is 286 g/mol. The number of aryl methyl sites for hydroxylation is 1. The van der Waals surface area contributed by atoms with Gasteiger partial charge in [0.25, 0.3) is 0 Å². The van der Waals surface area contributed by atoms with Crippen molar-refractivity contribution >= 4 is 5.91 Å². The van der Waals surface area contributed by atoms with Crippen LogP contribution >= 0.6 is 0 Å². The Bertz CT molecular complexity index is 520. The molecule has 0 radical (unpaired) electrons. The molecule has 0 spiro atoms. The number of rotatable bonds is 2.